The lowest BCUT2D eigenvalue weighted by Crippen LogP contribution is -2.55. The molecule has 3 nitrogen and oxygen atoms in total. The molecule has 1 aromatic rings. The van der Waals surface area contributed by atoms with E-state index >= 15 is 0 Å². The quantitative estimate of drug-likeness (QED) is 0.839. The van der Waals surface area contributed by atoms with Gasteiger partial charge in [-0.3, -0.25) is 4.79 Å². The van der Waals surface area contributed by atoms with Gasteiger partial charge < -0.3 is 11.1 Å². The zero-order chi connectivity index (χ0) is 13.8. The van der Waals surface area contributed by atoms with E-state index in [2.05, 4.69) is 5.32 Å². The highest BCUT2D eigenvalue weighted by Crippen LogP contribution is 2.24. The third-order valence-electron chi connectivity index (χ3n) is 3.71. The maximum Gasteiger partial charge on any atom is 0.230 e. The Labute approximate surface area is 110 Å². The monoisotopic (exact) mass is 248 g/mol. The van der Waals surface area contributed by atoms with E-state index in [1.165, 1.54) is 0 Å². The Kier molecular flexibility index (Phi) is 4.52. The predicted molar refractivity (Wildman–Crippen MR) is 75.4 cm³/mol. The highest BCUT2D eigenvalue weighted by molar-refractivity contribution is 5.87. The highest BCUT2D eigenvalue weighted by Gasteiger charge is 2.33. The maximum atomic E-state index is 12.4. The van der Waals surface area contributed by atoms with Crippen LogP contribution in [0.15, 0.2) is 30.3 Å². The number of amides is 1. The van der Waals surface area contributed by atoms with Crippen molar-refractivity contribution in [1.82, 2.24) is 5.32 Å². The van der Waals surface area contributed by atoms with Gasteiger partial charge in [-0.25, -0.2) is 0 Å². The molecule has 1 rings (SSSR count). The van der Waals surface area contributed by atoms with Gasteiger partial charge in [0.05, 0.1) is 5.41 Å². The van der Waals surface area contributed by atoms with Crippen LogP contribution in [0.25, 0.3) is 0 Å². The van der Waals surface area contributed by atoms with Crippen LogP contribution in [0, 0.1) is 0 Å². The second kappa shape index (κ2) is 5.53. The average Bonchev–Trinajstić information content (AvgIpc) is 2.39. The third kappa shape index (κ3) is 3.10. The van der Waals surface area contributed by atoms with Crippen LogP contribution in [0.4, 0.5) is 0 Å². The first-order valence-electron chi connectivity index (χ1n) is 6.44. The fourth-order valence-electron chi connectivity index (χ4n) is 1.70. The maximum absolute atomic E-state index is 12.4. The molecule has 3 heteroatoms. The fourth-order valence-corrected chi connectivity index (χ4v) is 1.70. The van der Waals surface area contributed by atoms with Crippen molar-refractivity contribution in [3.63, 3.8) is 0 Å². The van der Waals surface area contributed by atoms with Crippen molar-refractivity contribution in [2.75, 3.05) is 6.54 Å². The van der Waals surface area contributed by atoms with Crippen LogP contribution < -0.4 is 11.1 Å². The summed E-state index contributed by atoms with van der Waals surface area (Å²) in [7, 11) is 0. The van der Waals surface area contributed by atoms with Crippen LogP contribution >= 0.6 is 0 Å². The van der Waals surface area contributed by atoms with Crippen molar-refractivity contribution in [2.24, 2.45) is 5.73 Å². The zero-order valence-electron chi connectivity index (χ0n) is 11.8. The molecule has 0 heterocycles. The summed E-state index contributed by atoms with van der Waals surface area (Å²) < 4.78 is 0. The minimum Gasteiger partial charge on any atom is -0.349 e. The SMILES string of the molecule is CCC(C)(CN)NC(=O)C(C)(C)c1ccccc1. The van der Waals surface area contributed by atoms with Gasteiger partial charge in [0.25, 0.3) is 0 Å². The summed E-state index contributed by atoms with van der Waals surface area (Å²) in [5.74, 6) is 0.0171. The molecule has 1 atom stereocenters. The second-order valence-electron chi connectivity index (χ2n) is 5.56. The first-order chi connectivity index (χ1) is 8.35. The molecule has 3 N–H and O–H groups in total. The minimum atomic E-state index is -0.549. The predicted octanol–water partition coefficient (Wildman–Crippen LogP) is 2.21. The van der Waals surface area contributed by atoms with E-state index in [-0.39, 0.29) is 11.4 Å². The van der Waals surface area contributed by atoms with Crippen molar-refractivity contribution in [1.29, 1.82) is 0 Å². The molecule has 0 saturated carbocycles. The molecular weight excluding hydrogens is 224 g/mol. The first kappa shape index (κ1) is 14.7. The molecule has 0 aliphatic heterocycles. The van der Waals surface area contributed by atoms with Gasteiger partial charge in [0, 0.05) is 12.1 Å². The summed E-state index contributed by atoms with van der Waals surface area (Å²) in [5.41, 5.74) is 5.87. The summed E-state index contributed by atoms with van der Waals surface area (Å²) in [4.78, 5) is 12.4. The fraction of sp³-hybridized carbons (Fsp3) is 0.533. The van der Waals surface area contributed by atoms with E-state index < -0.39 is 5.41 Å². The second-order valence-corrected chi connectivity index (χ2v) is 5.56. The summed E-state index contributed by atoms with van der Waals surface area (Å²) >= 11 is 0. The van der Waals surface area contributed by atoms with Crippen molar-refractivity contribution >= 4 is 5.91 Å². The van der Waals surface area contributed by atoms with E-state index in [1.54, 1.807) is 0 Å². The number of hydrogen-bond acceptors (Lipinski definition) is 2. The molecule has 0 aliphatic rings. The molecule has 0 bridgehead atoms. The Balaban J connectivity index is 2.90. The van der Waals surface area contributed by atoms with Crippen molar-refractivity contribution in [3.8, 4) is 0 Å². The van der Waals surface area contributed by atoms with Crippen molar-refractivity contribution < 1.29 is 4.79 Å². The zero-order valence-corrected chi connectivity index (χ0v) is 11.8. The number of hydrogen-bond donors (Lipinski definition) is 2. The molecule has 0 fully saturated rings. The van der Waals surface area contributed by atoms with Gasteiger partial charge in [0.15, 0.2) is 0 Å². The smallest absolute Gasteiger partial charge is 0.230 e. The van der Waals surface area contributed by atoms with Crippen LogP contribution in [-0.4, -0.2) is 18.0 Å². The first-order valence-corrected chi connectivity index (χ1v) is 6.44. The average molecular weight is 248 g/mol. The van der Waals surface area contributed by atoms with Crippen molar-refractivity contribution in [2.45, 2.75) is 45.1 Å². The lowest BCUT2D eigenvalue weighted by Gasteiger charge is -2.33. The molecule has 100 valence electrons. The van der Waals surface area contributed by atoms with Crippen LogP contribution in [0.5, 0.6) is 0 Å². The number of rotatable bonds is 5. The van der Waals surface area contributed by atoms with Crippen LogP contribution in [0.2, 0.25) is 0 Å². The van der Waals surface area contributed by atoms with Gasteiger partial charge in [-0.05, 0) is 32.8 Å². The Morgan fingerprint density at radius 3 is 2.22 bits per heavy atom. The summed E-state index contributed by atoms with van der Waals surface area (Å²) in [6.07, 6.45) is 0.820. The van der Waals surface area contributed by atoms with Crippen LogP contribution in [0.1, 0.15) is 39.7 Å². The minimum absolute atomic E-state index is 0.0171. The highest BCUT2D eigenvalue weighted by atomic mass is 16.2. The Morgan fingerprint density at radius 2 is 1.78 bits per heavy atom. The number of nitrogens with two attached hydrogens (primary N) is 1. The van der Waals surface area contributed by atoms with Gasteiger partial charge in [0.1, 0.15) is 0 Å². The van der Waals surface area contributed by atoms with E-state index in [1.807, 2.05) is 58.0 Å². The molecule has 0 radical (unpaired) electrons. The van der Waals surface area contributed by atoms with Crippen LogP contribution in [-0.2, 0) is 10.2 Å². The van der Waals surface area contributed by atoms with E-state index in [0.29, 0.717) is 6.54 Å². The van der Waals surface area contributed by atoms with Gasteiger partial charge in [-0.15, -0.1) is 0 Å². The van der Waals surface area contributed by atoms with Gasteiger partial charge in [-0.2, -0.15) is 0 Å². The van der Waals surface area contributed by atoms with Crippen molar-refractivity contribution in [3.05, 3.63) is 35.9 Å². The topological polar surface area (TPSA) is 55.1 Å². The van der Waals surface area contributed by atoms with E-state index in [4.69, 9.17) is 5.73 Å². The molecule has 1 aromatic carbocycles. The molecule has 1 unspecified atom stereocenters. The third-order valence-corrected chi connectivity index (χ3v) is 3.71. The molecule has 1 amide bonds. The lowest BCUT2D eigenvalue weighted by molar-refractivity contribution is -0.127. The number of benzene rings is 1. The van der Waals surface area contributed by atoms with E-state index in [9.17, 15) is 4.79 Å². The van der Waals surface area contributed by atoms with E-state index in [0.717, 1.165) is 12.0 Å². The standard InChI is InChI=1S/C15H24N2O/c1-5-15(4,11-16)17-13(18)14(2,3)12-9-7-6-8-10-12/h6-10H,5,11,16H2,1-4H3,(H,17,18). The lowest BCUT2D eigenvalue weighted by atomic mass is 9.82. The molecule has 0 saturated heterocycles. The Bertz CT molecular complexity index is 394. The van der Waals surface area contributed by atoms with Crippen LogP contribution in [0.3, 0.4) is 0 Å². The van der Waals surface area contributed by atoms with Gasteiger partial charge >= 0.3 is 0 Å². The molecular formula is C15H24N2O. The van der Waals surface area contributed by atoms with Gasteiger partial charge in [0.2, 0.25) is 5.91 Å². The number of carbonyl (C=O) groups excluding carboxylic acids is 1. The molecule has 18 heavy (non-hydrogen) atoms. The summed E-state index contributed by atoms with van der Waals surface area (Å²) in [6, 6.07) is 9.81. The number of carbonyl (C=O) groups is 1. The largest absolute Gasteiger partial charge is 0.349 e. The normalized spacial score (nSPS) is 14.9. The Hall–Kier alpha value is -1.35. The number of nitrogens with one attached hydrogen (secondary N) is 1. The molecule has 0 aliphatic carbocycles. The molecule has 0 aromatic heterocycles. The summed E-state index contributed by atoms with van der Waals surface area (Å²) in [6.45, 7) is 8.32. The Morgan fingerprint density at radius 1 is 1.22 bits per heavy atom. The van der Waals surface area contributed by atoms with Gasteiger partial charge in [-0.1, -0.05) is 37.3 Å². The molecule has 0 spiro atoms. The summed E-state index contributed by atoms with van der Waals surface area (Å²) in [5, 5.41) is 3.07.